The van der Waals surface area contributed by atoms with Gasteiger partial charge in [-0.05, 0) is 12.8 Å². The van der Waals surface area contributed by atoms with Gasteiger partial charge in [-0.25, -0.2) is 4.57 Å². The molecule has 0 aliphatic heterocycles. The van der Waals surface area contributed by atoms with Gasteiger partial charge in [0.1, 0.15) is 12.7 Å². The molecule has 0 aliphatic carbocycles. The number of amides is 1. The molecule has 0 aromatic rings. The number of hydrogen-bond acceptors (Lipinski definition) is 7. The molecule has 9 nitrogen and oxygen atoms in total. The van der Waals surface area contributed by atoms with Crippen LogP contribution >= 0.6 is 7.82 Å². The average Bonchev–Trinajstić information content (AvgIpc) is 3.18. The normalized spacial score (nSPS) is 13.1. The van der Waals surface area contributed by atoms with Crippen LogP contribution in [0, 0.1) is 0 Å². The van der Waals surface area contributed by atoms with Gasteiger partial charge in [0, 0.05) is 19.4 Å². The lowest BCUT2D eigenvalue weighted by Crippen LogP contribution is -2.27. The van der Waals surface area contributed by atoms with Crippen LogP contribution in [0.5, 0.6) is 0 Å². The number of aliphatic hydroxyl groups excluding tert-OH is 1. The zero-order valence-corrected chi connectivity index (χ0v) is 37.8. The Morgan fingerprint density at radius 2 is 0.804 bits per heavy atom. The van der Waals surface area contributed by atoms with Crippen LogP contribution in [0.2, 0.25) is 0 Å². The minimum atomic E-state index is -4.41. The first-order valence-electron chi connectivity index (χ1n) is 24.0. The quantitative estimate of drug-likeness (QED) is 0.0314. The Labute approximate surface area is 346 Å². The first-order valence-corrected chi connectivity index (χ1v) is 25.5. The molecule has 0 saturated heterocycles. The standard InChI is InChI=1S/C46H92NO8P/c1-3-5-7-9-11-13-15-17-19-21-23-24-26-28-30-32-34-36-38-45(49)47-40-41-54-56(51,52)55-43-44(48)42-53-46(50)39-37-35-33-31-29-27-25-22-20-18-16-14-12-10-8-6-4-2/h44,48H,3-43H2,1-2H3,(H,47,49)(H,51,52). The van der Waals surface area contributed by atoms with E-state index in [0.717, 1.165) is 38.5 Å². The third-order valence-corrected chi connectivity index (χ3v) is 11.8. The molecule has 0 bridgehead atoms. The maximum atomic E-state index is 12.1. The summed E-state index contributed by atoms with van der Waals surface area (Å²) in [6.07, 6.45) is 44.6. The van der Waals surface area contributed by atoms with Crippen LogP contribution in [-0.2, 0) is 27.9 Å². The summed E-state index contributed by atoms with van der Waals surface area (Å²) in [7, 11) is -4.41. The van der Waals surface area contributed by atoms with Gasteiger partial charge in [-0.2, -0.15) is 0 Å². The highest BCUT2D eigenvalue weighted by Gasteiger charge is 2.23. The second-order valence-corrected chi connectivity index (χ2v) is 17.9. The number of carbonyl (C=O) groups is 2. The summed E-state index contributed by atoms with van der Waals surface area (Å²) in [5, 5.41) is 12.7. The maximum absolute atomic E-state index is 12.1. The van der Waals surface area contributed by atoms with Crippen molar-refractivity contribution in [1.29, 1.82) is 0 Å². The van der Waals surface area contributed by atoms with E-state index in [4.69, 9.17) is 13.8 Å². The van der Waals surface area contributed by atoms with E-state index in [1.807, 2.05) is 0 Å². The molecule has 0 heterocycles. The number of phosphoric acid groups is 1. The van der Waals surface area contributed by atoms with E-state index in [2.05, 4.69) is 19.2 Å². The molecule has 0 saturated carbocycles. The van der Waals surface area contributed by atoms with E-state index in [1.54, 1.807) is 0 Å². The number of esters is 1. The zero-order valence-electron chi connectivity index (χ0n) is 36.9. The number of aliphatic hydroxyl groups is 1. The van der Waals surface area contributed by atoms with E-state index < -0.39 is 26.5 Å². The van der Waals surface area contributed by atoms with Crippen molar-refractivity contribution in [2.24, 2.45) is 0 Å². The first kappa shape index (κ1) is 55.0. The lowest BCUT2D eigenvalue weighted by molar-refractivity contribution is -0.147. The van der Waals surface area contributed by atoms with Crippen molar-refractivity contribution in [3.63, 3.8) is 0 Å². The highest BCUT2D eigenvalue weighted by Crippen LogP contribution is 2.42. The third kappa shape index (κ3) is 44.1. The number of nitrogens with one attached hydrogen (secondary N) is 1. The molecule has 10 heteroatoms. The Morgan fingerprint density at radius 1 is 0.482 bits per heavy atom. The van der Waals surface area contributed by atoms with Crippen molar-refractivity contribution in [3.8, 4) is 0 Å². The van der Waals surface area contributed by atoms with Crippen molar-refractivity contribution in [2.45, 2.75) is 258 Å². The SMILES string of the molecule is CCCCCCCCCCCCCCCCCCCCC(=O)NCCOP(=O)(O)OCC(O)COC(=O)CCCCCCCCCCCCCCCCCCC. The fraction of sp³-hybridized carbons (Fsp3) is 0.957. The van der Waals surface area contributed by atoms with Crippen molar-refractivity contribution in [3.05, 3.63) is 0 Å². The monoisotopic (exact) mass is 818 g/mol. The maximum Gasteiger partial charge on any atom is 0.472 e. The van der Waals surface area contributed by atoms with Gasteiger partial charge in [0.2, 0.25) is 5.91 Å². The van der Waals surface area contributed by atoms with E-state index in [0.29, 0.717) is 12.8 Å². The summed E-state index contributed by atoms with van der Waals surface area (Å²) in [6, 6.07) is 0. The predicted molar refractivity (Wildman–Crippen MR) is 234 cm³/mol. The number of carbonyl (C=O) groups excluding carboxylic acids is 2. The minimum Gasteiger partial charge on any atom is -0.463 e. The predicted octanol–water partition coefficient (Wildman–Crippen LogP) is 13.6. The van der Waals surface area contributed by atoms with Gasteiger partial charge in [0.15, 0.2) is 0 Å². The summed E-state index contributed by atoms with van der Waals surface area (Å²) in [5.74, 6) is -0.500. The molecule has 0 radical (unpaired) electrons. The molecule has 334 valence electrons. The molecule has 0 aliphatic rings. The second kappa shape index (κ2) is 43.6. The van der Waals surface area contributed by atoms with Gasteiger partial charge in [-0.15, -0.1) is 0 Å². The summed E-state index contributed by atoms with van der Waals surface area (Å²) < 4.78 is 26.9. The molecule has 2 unspecified atom stereocenters. The highest BCUT2D eigenvalue weighted by atomic mass is 31.2. The Kier molecular flexibility index (Phi) is 42.8. The Bertz CT molecular complexity index is 891. The summed E-state index contributed by atoms with van der Waals surface area (Å²) in [4.78, 5) is 34.0. The number of rotatable bonds is 46. The van der Waals surface area contributed by atoms with Crippen molar-refractivity contribution in [1.82, 2.24) is 5.32 Å². The molecule has 0 fully saturated rings. The van der Waals surface area contributed by atoms with Crippen LogP contribution in [0.25, 0.3) is 0 Å². The molecule has 2 atom stereocenters. The number of hydrogen-bond donors (Lipinski definition) is 3. The lowest BCUT2D eigenvalue weighted by atomic mass is 10.0. The third-order valence-electron chi connectivity index (χ3n) is 10.8. The molecule has 0 aromatic carbocycles. The number of unbranched alkanes of at least 4 members (excludes halogenated alkanes) is 33. The number of phosphoric ester groups is 1. The molecular formula is C46H92NO8P. The van der Waals surface area contributed by atoms with Gasteiger partial charge in [0.25, 0.3) is 0 Å². The molecule has 0 rings (SSSR count). The van der Waals surface area contributed by atoms with E-state index in [1.165, 1.54) is 186 Å². The summed E-state index contributed by atoms with van der Waals surface area (Å²) >= 11 is 0. The molecule has 56 heavy (non-hydrogen) atoms. The van der Waals surface area contributed by atoms with Crippen LogP contribution in [0.3, 0.4) is 0 Å². The lowest BCUT2D eigenvalue weighted by Gasteiger charge is -2.15. The Balaban J connectivity index is 3.52. The van der Waals surface area contributed by atoms with Gasteiger partial charge in [-0.3, -0.25) is 18.6 Å². The smallest absolute Gasteiger partial charge is 0.463 e. The van der Waals surface area contributed by atoms with Crippen LogP contribution in [-0.4, -0.2) is 54.3 Å². The van der Waals surface area contributed by atoms with Gasteiger partial charge < -0.3 is 20.1 Å². The highest BCUT2D eigenvalue weighted by molar-refractivity contribution is 7.47. The molecule has 1 amide bonds. The molecule has 0 aromatic heterocycles. The Morgan fingerprint density at radius 3 is 1.16 bits per heavy atom. The molecule has 3 N–H and O–H groups in total. The van der Waals surface area contributed by atoms with Gasteiger partial charge in [0.05, 0.1) is 13.2 Å². The van der Waals surface area contributed by atoms with Gasteiger partial charge in [-0.1, -0.05) is 226 Å². The first-order chi connectivity index (χ1) is 27.3. The van der Waals surface area contributed by atoms with Crippen molar-refractivity contribution < 1.29 is 37.9 Å². The fourth-order valence-electron chi connectivity index (χ4n) is 7.15. The second-order valence-electron chi connectivity index (χ2n) is 16.5. The summed E-state index contributed by atoms with van der Waals surface area (Å²) in [6.45, 7) is 3.61. The van der Waals surface area contributed by atoms with Crippen molar-refractivity contribution in [2.75, 3.05) is 26.4 Å². The molecule has 0 spiro atoms. The Hall–Kier alpha value is -0.990. The van der Waals surface area contributed by atoms with Crippen LogP contribution in [0.1, 0.15) is 251 Å². The van der Waals surface area contributed by atoms with Crippen LogP contribution < -0.4 is 5.32 Å². The van der Waals surface area contributed by atoms with Crippen LogP contribution in [0.15, 0.2) is 0 Å². The van der Waals surface area contributed by atoms with E-state index in [-0.39, 0.29) is 25.7 Å². The number of ether oxygens (including phenoxy) is 1. The van der Waals surface area contributed by atoms with E-state index >= 15 is 0 Å². The largest absolute Gasteiger partial charge is 0.472 e. The van der Waals surface area contributed by atoms with Crippen LogP contribution in [0.4, 0.5) is 0 Å². The summed E-state index contributed by atoms with van der Waals surface area (Å²) in [5.41, 5.74) is 0. The van der Waals surface area contributed by atoms with E-state index in [9.17, 15) is 24.2 Å². The van der Waals surface area contributed by atoms with Crippen molar-refractivity contribution >= 4 is 19.7 Å². The topological polar surface area (TPSA) is 131 Å². The average molecular weight is 818 g/mol. The molecular weight excluding hydrogens is 725 g/mol. The van der Waals surface area contributed by atoms with Gasteiger partial charge >= 0.3 is 13.8 Å². The zero-order chi connectivity index (χ0) is 41.1. The fourth-order valence-corrected chi connectivity index (χ4v) is 7.91. The minimum absolute atomic E-state index is 0.0886.